The van der Waals surface area contributed by atoms with Crippen molar-refractivity contribution in [1.82, 2.24) is 10.2 Å². The molecule has 0 fully saturated rings. The molecule has 1 aromatic carbocycles. The minimum absolute atomic E-state index is 0.587. The van der Waals surface area contributed by atoms with Gasteiger partial charge in [-0.3, -0.25) is 5.10 Å². The Balaban J connectivity index is 2.66. The highest BCUT2D eigenvalue weighted by molar-refractivity contribution is 5.72. The van der Waals surface area contributed by atoms with E-state index in [1.54, 1.807) is 0 Å². The predicted octanol–water partition coefficient (Wildman–Crippen LogP) is 5.21. The number of hydrogen-bond donors (Lipinski definition) is 1. The largest absolute Gasteiger partial charge is 0.282 e. The van der Waals surface area contributed by atoms with Crippen molar-refractivity contribution in [3.8, 4) is 11.3 Å². The predicted molar refractivity (Wildman–Crippen MR) is 86.3 cm³/mol. The topological polar surface area (TPSA) is 28.7 Å². The van der Waals surface area contributed by atoms with Crippen LogP contribution in [0.2, 0.25) is 0 Å². The third-order valence-corrected chi connectivity index (χ3v) is 4.30. The van der Waals surface area contributed by atoms with E-state index in [1.807, 2.05) is 0 Å². The van der Waals surface area contributed by atoms with Crippen molar-refractivity contribution in [1.29, 1.82) is 0 Å². The molecular formula is C18H26N2. The number of hydrogen-bond acceptors (Lipinski definition) is 1. The van der Waals surface area contributed by atoms with Crippen molar-refractivity contribution >= 4 is 0 Å². The molecule has 2 rings (SSSR count). The molecule has 0 radical (unpaired) electrons. The first kappa shape index (κ1) is 14.8. The minimum atomic E-state index is 0.587. The Morgan fingerprint density at radius 2 is 1.55 bits per heavy atom. The number of H-pyrrole nitrogens is 1. The van der Waals surface area contributed by atoms with E-state index >= 15 is 0 Å². The number of aromatic nitrogens is 2. The maximum absolute atomic E-state index is 4.63. The highest BCUT2D eigenvalue weighted by Crippen LogP contribution is 2.36. The van der Waals surface area contributed by atoms with E-state index in [0.29, 0.717) is 5.92 Å². The molecule has 0 atom stereocenters. The zero-order valence-corrected chi connectivity index (χ0v) is 13.6. The van der Waals surface area contributed by atoms with Gasteiger partial charge >= 0.3 is 0 Å². The molecule has 0 aliphatic carbocycles. The molecule has 1 heterocycles. The van der Waals surface area contributed by atoms with Crippen LogP contribution in [-0.4, -0.2) is 10.2 Å². The average molecular weight is 270 g/mol. The fraction of sp³-hybridized carbons (Fsp3) is 0.500. The minimum Gasteiger partial charge on any atom is -0.282 e. The van der Waals surface area contributed by atoms with Gasteiger partial charge in [0.2, 0.25) is 0 Å². The van der Waals surface area contributed by atoms with Crippen LogP contribution in [0, 0.1) is 27.7 Å². The lowest BCUT2D eigenvalue weighted by atomic mass is 9.87. The van der Waals surface area contributed by atoms with Crippen LogP contribution in [0.4, 0.5) is 0 Å². The van der Waals surface area contributed by atoms with Crippen LogP contribution in [0.25, 0.3) is 11.3 Å². The summed E-state index contributed by atoms with van der Waals surface area (Å²) in [5.41, 5.74) is 9.05. The van der Waals surface area contributed by atoms with Crippen molar-refractivity contribution in [2.45, 2.75) is 60.3 Å². The second-order valence-electron chi connectivity index (χ2n) is 5.90. The van der Waals surface area contributed by atoms with Gasteiger partial charge in [0.1, 0.15) is 0 Å². The van der Waals surface area contributed by atoms with Crippen molar-refractivity contribution in [3.05, 3.63) is 40.1 Å². The maximum atomic E-state index is 4.63. The Morgan fingerprint density at radius 1 is 1.00 bits per heavy atom. The first-order chi connectivity index (χ1) is 9.49. The summed E-state index contributed by atoms with van der Waals surface area (Å²) in [5, 5.41) is 7.83. The van der Waals surface area contributed by atoms with E-state index in [9.17, 15) is 0 Å². The quantitative estimate of drug-likeness (QED) is 0.811. The number of nitrogens with one attached hydrogen (secondary N) is 1. The average Bonchev–Trinajstić information content (AvgIpc) is 2.73. The van der Waals surface area contributed by atoms with Gasteiger partial charge in [-0.2, -0.15) is 5.10 Å². The molecule has 108 valence electrons. The second-order valence-corrected chi connectivity index (χ2v) is 5.90. The maximum Gasteiger partial charge on any atom is 0.0963 e. The highest BCUT2D eigenvalue weighted by atomic mass is 15.1. The van der Waals surface area contributed by atoms with Gasteiger partial charge in [0.25, 0.3) is 0 Å². The molecule has 0 bridgehead atoms. The van der Waals surface area contributed by atoms with Crippen molar-refractivity contribution in [3.63, 3.8) is 0 Å². The molecule has 0 unspecified atom stereocenters. The Labute approximate surface area is 122 Å². The van der Waals surface area contributed by atoms with Crippen molar-refractivity contribution < 1.29 is 0 Å². The lowest BCUT2D eigenvalue weighted by molar-refractivity contribution is 0.639. The van der Waals surface area contributed by atoms with Gasteiger partial charge in [-0.1, -0.05) is 31.5 Å². The third kappa shape index (κ3) is 2.52. The molecule has 1 N–H and O–H groups in total. The molecule has 0 aliphatic rings. The summed E-state index contributed by atoms with van der Waals surface area (Å²) in [7, 11) is 0. The van der Waals surface area contributed by atoms with Gasteiger partial charge in [0.05, 0.1) is 5.69 Å². The Morgan fingerprint density at radius 3 is 2.05 bits per heavy atom. The summed E-state index contributed by atoms with van der Waals surface area (Å²) in [5.74, 6) is 0.587. The van der Waals surface area contributed by atoms with Crippen LogP contribution in [0.5, 0.6) is 0 Å². The molecule has 0 amide bonds. The Hall–Kier alpha value is -1.57. The van der Waals surface area contributed by atoms with Crippen molar-refractivity contribution in [2.24, 2.45) is 0 Å². The SMILES string of the molecule is CCC(CC)c1c(-c2c(C)cc(C)cc2C)n[nH]c1C. The van der Waals surface area contributed by atoms with Gasteiger partial charge in [-0.15, -0.1) is 0 Å². The number of aryl methyl sites for hydroxylation is 4. The molecule has 2 heteroatoms. The molecule has 2 aromatic rings. The van der Waals surface area contributed by atoms with Gasteiger partial charge in [-0.05, 0) is 57.6 Å². The van der Waals surface area contributed by atoms with E-state index in [2.05, 4.69) is 63.9 Å². The Bertz CT molecular complexity index is 581. The van der Waals surface area contributed by atoms with Crippen LogP contribution >= 0.6 is 0 Å². The number of benzene rings is 1. The number of nitrogens with zero attached hydrogens (tertiary/aromatic N) is 1. The lowest BCUT2D eigenvalue weighted by Crippen LogP contribution is -2.00. The molecule has 0 aliphatic heterocycles. The lowest BCUT2D eigenvalue weighted by Gasteiger charge is -2.17. The number of rotatable bonds is 4. The van der Waals surface area contributed by atoms with Gasteiger partial charge in [-0.25, -0.2) is 0 Å². The molecule has 0 saturated carbocycles. The standard InChI is InChI=1S/C18H26N2/c1-7-15(8-2)17-14(6)19-20-18(17)16-12(4)9-11(3)10-13(16)5/h9-10,15H,7-8H2,1-6H3,(H,19,20). The first-order valence-electron chi connectivity index (χ1n) is 7.62. The van der Waals surface area contributed by atoms with Gasteiger partial charge in [0.15, 0.2) is 0 Å². The smallest absolute Gasteiger partial charge is 0.0963 e. The van der Waals surface area contributed by atoms with Gasteiger partial charge in [0, 0.05) is 16.8 Å². The van der Waals surface area contributed by atoms with Gasteiger partial charge < -0.3 is 0 Å². The first-order valence-corrected chi connectivity index (χ1v) is 7.62. The summed E-state index contributed by atoms with van der Waals surface area (Å²) in [6, 6.07) is 4.51. The molecule has 1 aromatic heterocycles. The van der Waals surface area contributed by atoms with E-state index in [-0.39, 0.29) is 0 Å². The van der Waals surface area contributed by atoms with E-state index < -0.39 is 0 Å². The summed E-state index contributed by atoms with van der Waals surface area (Å²) < 4.78 is 0. The summed E-state index contributed by atoms with van der Waals surface area (Å²) in [6.45, 7) is 13.2. The third-order valence-electron chi connectivity index (χ3n) is 4.30. The molecule has 20 heavy (non-hydrogen) atoms. The van der Waals surface area contributed by atoms with Crippen LogP contribution in [-0.2, 0) is 0 Å². The van der Waals surface area contributed by atoms with Crippen LogP contribution in [0.1, 0.15) is 60.6 Å². The molecular weight excluding hydrogens is 244 g/mol. The zero-order chi connectivity index (χ0) is 14.9. The molecule has 0 saturated heterocycles. The normalized spacial score (nSPS) is 11.3. The number of aromatic amines is 1. The second kappa shape index (κ2) is 5.82. The fourth-order valence-corrected chi connectivity index (χ4v) is 3.38. The summed E-state index contributed by atoms with van der Waals surface area (Å²) >= 11 is 0. The van der Waals surface area contributed by atoms with Crippen molar-refractivity contribution in [2.75, 3.05) is 0 Å². The van der Waals surface area contributed by atoms with Crippen LogP contribution in [0.15, 0.2) is 12.1 Å². The highest BCUT2D eigenvalue weighted by Gasteiger charge is 2.21. The molecule has 0 spiro atoms. The van der Waals surface area contributed by atoms with Crippen LogP contribution < -0.4 is 0 Å². The monoisotopic (exact) mass is 270 g/mol. The summed E-state index contributed by atoms with van der Waals surface area (Å²) in [6.07, 6.45) is 2.32. The van der Waals surface area contributed by atoms with E-state index in [1.165, 1.54) is 33.5 Å². The van der Waals surface area contributed by atoms with E-state index in [4.69, 9.17) is 0 Å². The molecule has 2 nitrogen and oxygen atoms in total. The van der Waals surface area contributed by atoms with E-state index in [0.717, 1.165) is 18.5 Å². The summed E-state index contributed by atoms with van der Waals surface area (Å²) in [4.78, 5) is 0. The Kier molecular flexibility index (Phi) is 4.32. The fourth-order valence-electron chi connectivity index (χ4n) is 3.38. The zero-order valence-electron chi connectivity index (χ0n) is 13.6. The van der Waals surface area contributed by atoms with Crippen LogP contribution in [0.3, 0.4) is 0 Å².